The van der Waals surface area contributed by atoms with Gasteiger partial charge in [-0.3, -0.25) is 24.2 Å². The Balaban J connectivity index is 1.71. The fraction of sp³-hybridized carbons (Fsp3) is 0.0769. The van der Waals surface area contributed by atoms with Gasteiger partial charge in [0.2, 0.25) is 0 Å². The second-order valence-electron chi connectivity index (χ2n) is 7.38. The maximum Gasteiger partial charge on any atom is 0.270 e. The molecule has 0 saturated heterocycles. The molecule has 0 aliphatic carbocycles. The van der Waals surface area contributed by atoms with Gasteiger partial charge >= 0.3 is 0 Å². The SMILES string of the molecule is COc1ccc(/C=C(\C#N)C(=O)N(CN2C(=O)c3ccccc3C2=O)c2cccc(F)c2)cc1. The Morgan fingerprint density at radius 3 is 2.24 bits per heavy atom. The lowest BCUT2D eigenvalue weighted by molar-refractivity contribution is -0.114. The van der Waals surface area contributed by atoms with E-state index >= 15 is 0 Å². The standard InChI is InChI=1S/C26H18FN3O4/c1-34-21-11-9-17(10-12-21)13-18(15-28)24(31)29(20-6-4-5-19(27)14-20)16-30-25(32)22-7-2-3-8-23(22)26(30)33/h2-14H,16H2,1H3/b18-13+. The fourth-order valence-corrected chi connectivity index (χ4v) is 3.57. The molecule has 0 saturated carbocycles. The Hall–Kier alpha value is -4.77. The van der Waals surface area contributed by atoms with Gasteiger partial charge in [0, 0.05) is 5.69 Å². The molecule has 1 aliphatic heterocycles. The zero-order valence-corrected chi connectivity index (χ0v) is 18.1. The fourth-order valence-electron chi connectivity index (χ4n) is 3.57. The lowest BCUT2D eigenvalue weighted by Crippen LogP contribution is -2.44. The van der Waals surface area contributed by atoms with E-state index in [1.54, 1.807) is 36.4 Å². The summed E-state index contributed by atoms with van der Waals surface area (Å²) >= 11 is 0. The molecule has 1 aliphatic rings. The van der Waals surface area contributed by atoms with E-state index in [0.717, 1.165) is 15.9 Å². The van der Waals surface area contributed by atoms with Crippen LogP contribution in [0.4, 0.5) is 10.1 Å². The first-order valence-corrected chi connectivity index (χ1v) is 10.2. The number of carbonyl (C=O) groups is 3. The molecule has 168 valence electrons. The van der Waals surface area contributed by atoms with Crippen molar-refractivity contribution in [1.82, 2.24) is 4.90 Å². The third-order valence-electron chi connectivity index (χ3n) is 5.30. The normalized spacial score (nSPS) is 12.9. The highest BCUT2D eigenvalue weighted by molar-refractivity contribution is 6.22. The van der Waals surface area contributed by atoms with E-state index in [9.17, 15) is 24.0 Å². The quantitative estimate of drug-likeness (QED) is 0.318. The first kappa shape index (κ1) is 22.4. The van der Waals surface area contributed by atoms with Crippen LogP contribution in [0.2, 0.25) is 0 Å². The predicted molar refractivity (Wildman–Crippen MR) is 122 cm³/mol. The van der Waals surface area contributed by atoms with Crippen LogP contribution in [0.25, 0.3) is 6.08 Å². The summed E-state index contributed by atoms with van der Waals surface area (Å²) in [6.07, 6.45) is 1.37. The smallest absolute Gasteiger partial charge is 0.270 e. The lowest BCUT2D eigenvalue weighted by atomic mass is 10.1. The monoisotopic (exact) mass is 455 g/mol. The number of rotatable bonds is 6. The van der Waals surface area contributed by atoms with Crippen LogP contribution < -0.4 is 9.64 Å². The minimum atomic E-state index is -0.791. The van der Waals surface area contributed by atoms with Crippen LogP contribution in [0.1, 0.15) is 26.3 Å². The number of hydrogen-bond acceptors (Lipinski definition) is 5. The van der Waals surface area contributed by atoms with Gasteiger partial charge in [0.1, 0.15) is 29.9 Å². The number of methoxy groups -OCH3 is 1. The molecule has 3 aromatic carbocycles. The average Bonchev–Trinajstić information content (AvgIpc) is 3.10. The van der Waals surface area contributed by atoms with Crippen molar-refractivity contribution < 1.29 is 23.5 Å². The minimum Gasteiger partial charge on any atom is -0.497 e. The summed E-state index contributed by atoms with van der Waals surface area (Å²) in [5.41, 5.74) is 0.830. The van der Waals surface area contributed by atoms with E-state index in [1.807, 2.05) is 6.07 Å². The molecule has 1 heterocycles. The number of imide groups is 1. The summed E-state index contributed by atoms with van der Waals surface area (Å²) in [6, 6.07) is 20.0. The number of fused-ring (bicyclic) bond motifs is 1. The topological polar surface area (TPSA) is 90.7 Å². The molecule has 0 atom stereocenters. The maximum absolute atomic E-state index is 14.0. The van der Waals surface area contributed by atoms with E-state index < -0.39 is 30.2 Å². The third-order valence-corrected chi connectivity index (χ3v) is 5.30. The first-order valence-electron chi connectivity index (χ1n) is 10.2. The minimum absolute atomic E-state index is 0.0948. The van der Waals surface area contributed by atoms with Crippen molar-refractivity contribution in [3.63, 3.8) is 0 Å². The van der Waals surface area contributed by atoms with Gasteiger partial charge in [0.25, 0.3) is 17.7 Å². The highest BCUT2D eigenvalue weighted by Gasteiger charge is 2.37. The summed E-state index contributed by atoms with van der Waals surface area (Å²) < 4.78 is 19.1. The molecular formula is C26H18FN3O4. The van der Waals surface area contributed by atoms with Crippen molar-refractivity contribution in [3.8, 4) is 11.8 Å². The number of benzene rings is 3. The number of anilines is 1. The van der Waals surface area contributed by atoms with Crippen LogP contribution in [0, 0.1) is 17.1 Å². The Morgan fingerprint density at radius 2 is 1.68 bits per heavy atom. The van der Waals surface area contributed by atoms with Gasteiger partial charge in [0.05, 0.1) is 18.2 Å². The number of halogens is 1. The zero-order valence-electron chi connectivity index (χ0n) is 18.1. The highest BCUT2D eigenvalue weighted by atomic mass is 19.1. The summed E-state index contributed by atoms with van der Waals surface area (Å²) in [5, 5.41) is 9.70. The van der Waals surface area contributed by atoms with Crippen molar-refractivity contribution in [2.45, 2.75) is 0 Å². The Morgan fingerprint density at radius 1 is 1.03 bits per heavy atom. The zero-order chi connectivity index (χ0) is 24.2. The maximum atomic E-state index is 14.0. The van der Waals surface area contributed by atoms with Crippen molar-refractivity contribution in [2.75, 3.05) is 18.7 Å². The molecule has 0 aromatic heterocycles. The van der Waals surface area contributed by atoms with E-state index in [-0.39, 0.29) is 22.4 Å². The van der Waals surface area contributed by atoms with Crippen molar-refractivity contribution in [2.24, 2.45) is 0 Å². The summed E-state index contributed by atoms with van der Waals surface area (Å²) in [4.78, 5) is 41.1. The number of hydrogen-bond donors (Lipinski definition) is 0. The lowest BCUT2D eigenvalue weighted by Gasteiger charge is -2.27. The van der Waals surface area contributed by atoms with E-state index in [2.05, 4.69) is 0 Å². The molecule has 3 aromatic rings. The van der Waals surface area contributed by atoms with Crippen molar-refractivity contribution in [1.29, 1.82) is 5.26 Å². The van der Waals surface area contributed by atoms with Crippen LogP contribution in [0.15, 0.2) is 78.4 Å². The number of nitriles is 1. The van der Waals surface area contributed by atoms with Gasteiger partial charge < -0.3 is 4.74 Å². The highest BCUT2D eigenvalue weighted by Crippen LogP contribution is 2.26. The summed E-state index contributed by atoms with van der Waals surface area (Å²) in [7, 11) is 1.52. The van der Waals surface area contributed by atoms with Gasteiger partial charge in [-0.25, -0.2) is 4.39 Å². The van der Waals surface area contributed by atoms with E-state index in [1.165, 1.54) is 43.5 Å². The first-order chi connectivity index (χ1) is 16.4. The summed E-state index contributed by atoms with van der Waals surface area (Å²) in [5.74, 6) is -1.95. The van der Waals surface area contributed by atoms with Crippen molar-refractivity contribution in [3.05, 3.63) is 101 Å². The molecular weight excluding hydrogens is 437 g/mol. The largest absolute Gasteiger partial charge is 0.497 e. The second-order valence-corrected chi connectivity index (χ2v) is 7.38. The summed E-state index contributed by atoms with van der Waals surface area (Å²) in [6.45, 7) is -0.490. The number of nitrogens with zero attached hydrogens (tertiary/aromatic N) is 3. The molecule has 0 spiro atoms. The van der Waals surface area contributed by atoms with Gasteiger partial charge in [-0.2, -0.15) is 5.26 Å². The predicted octanol–water partition coefficient (Wildman–Crippen LogP) is 4.03. The number of ether oxygens (including phenoxy) is 1. The van der Waals surface area contributed by atoms with Crippen LogP contribution >= 0.6 is 0 Å². The molecule has 0 unspecified atom stereocenters. The Labute approximate surface area is 194 Å². The molecule has 4 rings (SSSR count). The third kappa shape index (κ3) is 4.27. The van der Waals surface area contributed by atoms with E-state index in [4.69, 9.17) is 4.74 Å². The van der Waals surface area contributed by atoms with Gasteiger partial charge in [0.15, 0.2) is 0 Å². The molecule has 0 radical (unpaired) electrons. The average molecular weight is 455 g/mol. The molecule has 0 bridgehead atoms. The molecule has 0 fully saturated rings. The van der Waals surface area contributed by atoms with Crippen LogP contribution in [-0.2, 0) is 4.79 Å². The number of carbonyl (C=O) groups excluding carboxylic acids is 3. The Kier molecular flexibility index (Phi) is 6.19. The van der Waals surface area contributed by atoms with E-state index in [0.29, 0.717) is 11.3 Å². The molecule has 34 heavy (non-hydrogen) atoms. The molecule has 7 nitrogen and oxygen atoms in total. The molecule has 0 N–H and O–H groups in total. The van der Waals surface area contributed by atoms with Gasteiger partial charge in [-0.1, -0.05) is 30.3 Å². The number of amides is 3. The second kappa shape index (κ2) is 9.38. The molecule has 3 amide bonds. The van der Waals surface area contributed by atoms with Crippen LogP contribution in [0.3, 0.4) is 0 Å². The van der Waals surface area contributed by atoms with Crippen LogP contribution in [-0.4, -0.2) is 36.4 Å². The van der Waals surface area contributed by atoms with Crippen LogP contribution in [0.5, 0.6) is 5.75 Å². The van der Waals surface area contributed by atoms with Crippen molar-refractivity contribution >= 4 is 29.5 Å². The van der Waals surface area contributed by atoms with Gasteiger partial charge in [-0.05, 0) is 54.1 Å². The van der Waals surface area contributed by atoms with Gasteiger partial charge in [-0.15, -0.1) is 0 Å². The molecule has 8 heteroatoms. The Bertz CT molecular complexity index is 1320.